The van der Waals surface area contributed by atoms with E-state index in [1.807, 2.05) is 31.2 Å². The SMILES string of the molecule is Cc1ccc(OCC(=O)NCC#CCN(C(C)C)C(C)C)cc1. The molecule has 0 aliphatic carbocycles. The fraction of sp³-hybridized carbons (Fsp3) is 0.526. The maximum Gasteiger partial charge on any atom is 0.258 e. The zero-order valence-corrected chi connectivity index (χ0v) is 14.8. The van der Waals surface area contributed by atoms with Gasteiger partial charge < -0.3 is 10.1 Å². The largest absolute Gasteiger partial charge is 0.484 e. The molecule has 0 fully saturated rings. The molecule has 1 aromatic carbocycles. The van der Waals surface area contributed by atoms with Gasteiger partial charge in [-0.25, -0.2) is 0 Å². The van der Waals surface area contributed by atoms with Gasteiger partial charge in [-0.05, 0) is 46.8 Å². The minimum atomic E-state index is -0.163. The van der Waals surface area contributed by atoms with Crippen molar-refractivity contribution in [1.29, 1.82) is 0 Å². The Hall–Kier alpha value is -1.99. The zero-order chi connectivity index (χ0) is 17.2. The topological polar surface area (TPSA) is 41.6 Å². The van der Waals surface area contributed by atoms with E-state index in [0.29, 0.717) is 30.9 Å². The van der Waals surface area contributed by atoms with Crippen LogP contribution in [0.2, 0.25) is 0 Å². The predicted octanol–water partition coefficient (Wildman–Crippen LogP) is 2.61. The van der Waals surface area contributed by atoms with Crippen LogP contribution in [0.4, 0.5) is 0 Å². The van der Waals surface area contributed by atoms with Gasteiger partial charge >= 0.3 is 0 Å². The first-order chi connectivity index (χ1) is 10.9. The highest BCUT2D eigenvalue weighted by Crippen LogP contribution is 2.10. The van der Waals surface area contributed by atoms with Crippen molar-refractivity contribution in [2.24, 2.45) is 0 Å². The number of nitrogens with zero attached hydrogens (tertiary/aromatic N) is 1. The van der Waals surface area contributed by atoms with Crippen LogP contribution < -0.4 is 10.1 Å². The highest BCUT2D eigenvalue weighted by Gasteiger charge is 2.10. The Morgan fingerprint density at radius 3 is 2.30 bits per heavy atom. The molecule has 0 radical (unpaired) electrons. The Bertz CT molecular complexity index is 531. The second-order valence-electron chi connectivity index (χ2n) is 6.09. The van der Waals surface area contributed by atoms with Crippen LogP contribution in [-0.4, -0.2) is 42.6 Å². The number of hydrogen-bond donors (Lipinski definition) is 1. The van der Waals surface area contributed by atoms with Gasteiger partial charge in [0.15, 0.2) is 6.61 Å². The third kappa shape index (κ3) is 7.71. The van der Waals surface area contributed by atoms with Crippen LogP contribution in [0.15, 0.2) is 24.3 Å². The molecule has 126 valence electrons. The van der Waals surface area contributed by atoms with E-state index >= 15 is 0 Å². The van der Waals surface area contributed by atoms with Gasteiger partial charge in [-0.15, -0.1) is 0 Å². The smallest absolute Gasteiger partial charge is 0.258 e. The molecule has 0 unspecified atom stereocenters. The maximum atomic E-state index is 11.7. The molecule has 0 spiro atoms. The fourth-order valence-corrected chi connectivity index (χ4v) is 2.15. The molecule has 1 rings (SSSR count). The van der Waals surface area contributed by atoms with Gasteiger partial charge in [-0.2, -0.15) is 0 Å². The highest BCUT2D eigenvalue weighted by molar-refractivity contribution is 5.77. The number of rotatable bonds is 7. The fourth-order valence-electron chi connectivity index (χ4n) is 2.15. The second-order valence-corrected chi connectivity index (χ2v) is 6.09. The van der Waals surface area contributed by atoms with Crippen molar-refractivity contribution in [2.45, 2.75) is 46.7 Å². The van der Waals surface area contributed by atoms with Crippen molar-refractivity contribution in [3.8, 4) is 17.6 Å². The van der Waals surface area contributed by atoms with Gasteiger partial charge in [-0.3, -0.25) is 9.69 Å². The summed E-state index contributed by atoms with van der Waals surface area (Å²) in [5.74, 6) is 6.62. The molecule has 0 atom stereocenters. The molecular formula is C19H28N2O2. The van der Waals surface area contributed by atoms with E-state index in [2.05, 4.69) is 49.8 Å². The van der Waals surface area contributed by atoms with E-state index in [-0.39, 0.29) is 12.5 Å². The summed E-state index contributed by atoms with van der Waals surface area (Å²) in [6, 6.07) is 8.54. The molecule has 0 aromatic heterocycles. The summed E-state index contributed by atoms with van der Waals surface area (Å²) in [6.07, 6.45) is 0. The van der Waals surface area contributed by atoms with Gasteiger partial charge in [0.2, 0.25) is 0 Å². The molecular weight excluding hydrogens is 288 g/mol. The molecule has 0 heterocycles. The summed E-state index contributed by atoms with van der Waals surface area (Å²) in [6.45, 7) is 11.7. The Kier molecular flexibility index (Phi) is 8.21. The van der Waals surface area contributed by atoms with Crippen LogP contribution >= 0.6 is 0 Å². The number of amides is 1. The molecule has 0 saturated heterocycles. The lowest BCUT2D eigenvalue weighted by Crippen LogP contribution is -2.37. The van der Waals surface area contributed by atoms with Gasteiger partial charge in [0.1, 0.15) is 5.75 Å². The van der Waals surface area contributed by atoms with E-state index in [0.717, 1.165) is 5.56 Å². The monoisotopic (exact) mass is 316 g/mol. The third-order valence-electron chi connectivity index (χ3n) is 3.48. The van der Waals surface area contributed by atoms with Crippen LogP contribution in [0, 0.1) is 18.8 Å². The Morgan fingerprint density at radius 1 is 1.13 bits per heavy atom. The summed E-state index contributed by atoms with van der Waals surface area (Å²) in [5, 5.41) is 2.74. The second kappa shape index (κ2) is 9.91. The Balaban J connectivity index is 2.26. The quantitative estimate of drug-likeness (QED) is 0.786. The molecule has 23 heavy (non-hydrogen) atoms. The van der Waals surface area contributed by atoms with Crippen molar-refractivity contribution in [3.05, 3.63) is 29.8 Å². The van der Waals surface area contributed by atoms with Gasteiger partial charge in [0.25, 0.3) is 5.91 Å². The molecule has 0 saturated carbocycles. The summed E-state index contributed by atoms with van der Waals surface area (Å²) < 4.78 is 5.41. The summed E-state index contributed by atoms with van der Waals surface area (Å²) in [5.41, 5.74) is 1.16. The molecule has 1 amide bonds. The van der Waals surface area contributed by atoms with E-state index < -0.39 is 0 Å². The van der Waals surface area contributed by atoms with Crippen LogP contribution in [0.1, 0.15) is 33.3 Å². The van der Waals surface area contributed by atoms with Crippen LogP contribution in [0.3, 0.4) is 0 Å². The number of carbonyl (C=O) groups is 1. The first kappa shape index (κ1) is 19.1. The summed E-state index contributed by atoms with van der Waals surface area (Å²) in [7, 11) is 0. The third-order valence-corrected chi connectivity index (χ3v) is 3.48. The number of carbonyl (C=O) groups excluding carboxylic acids is 1. The predicted molar refractivity (Wildman–Crippen MR) is 94.4 cm³/mol. The molecule has 0 bridgehead atoms. The molecule has 0 aliphatic heterocycles. The van der Waals surface area contributed by atoms with E-state index in [4.69, 9.17) is 4.74 Å². The number of benzene rings is 1. The van der Waals surface area contributed by atoms with Crippen molar-refractivity contribution in [2.75, 3.05) is 19.7 Å². The Morgan fingerprint density at radius 2 is 1.74 bits per heavy atom. The van der Waals surface area contributed by atoms with Crippen LogP contribution in [0.5, 0.6) is 5.75 Å². The van der Waals surface area contributed by atoms with Crippen molar-refractivity contribution in [1.82, 2.24) is 10.2 Å². The summed E-state index contributed by atoms with van der Waals surface area (Å²) in [4.78, 5) is 14.0. The van der Waals surface area contributed by atoms with Crippen molar-refractivity contribution >= 4 is 5.91 Å². The van der Waals surface area contributed by atoms with Crippen LogP contribution in [-0.2, 0) is 4.79 Å². The lowest BCUT2D eigenvalue weighted by atomic mass is 10.2. The molecule has 4 nitrogen and oxygen atoms in total. The van der Waals surface area contributed by atoms with Gasteiger partial charge in [0.05, 0.1) is 13.1 Å². The summed E-state index contributed by atoms with van der Waals surface area (Å²) >= 11 is 0. The first-order valence-corrected chi connectivity index (χ1v) is 8.07. The van der Waals surface area contributed by atoms with Crippen LogP contribution in [0.25, 0.3) is 0 Å². The molecule has 4 heteroatoms. The average Bonchev–Trinajstić information content (AvgIpc) is 2.49. The normalized spacial score (nSPS) is 10.6. The molecule has 0 aliphatic rings. The van der Waals surface area contributed by atoms with Gasteiger partial charge in [0, 0.05) is 12.1 Å². The number of hydrogen-bond acceptors (Lipinski definition) is 3. The van der Waals surface area contributed by atoms with E-state index in [1.54, 1.807) is 0 Å². The minimum Gasteiger partial charge on any atom is -0.484 e. The first-order valence-electron chi connectivity index (χ1n) is 8.07. The average molecular weight is 316 g/mol. The zero-order valence-electron chi connectivity index (χ0n) is 14.8. The number of nitrogens with one attached hydrogen (secondary N) is 1. The minimum absolute atomic E-state index is 0.00878. The lowest BCUT2D eigenvalue weighted by Gasteiger charge is -2.28. The number of aryl methyl sites for hydroxylation is 1. The molecule has 1 aromatic rings. The van der Waals surface area contributed by atoms with Gasteiger partial charge in [-0.1, -0.05) is 29.5 Å². The maximum absolute atomic E-state index is 11.7. The number of ether oxygens (including phenoxy) is 1. The standard InChI is InChI=1S/C19H28N2O2/c1-15(2)21(16(3)4)13-7-6-12-20-19(22)14-23-18-10-8-17(5)9-11-18/h8-11,15-16H,12-14H2,1-5H3,(H,20,22). The lowest BCUT2D eigenvalue weighted by molar-refractivity contribution is -0.122. The molecule has 1 N–H and O–H groups in total. The van der Waals surface area contributed by atoms with E-state index in [9.17, 15) is 4.79 Å². The van der Waals surface area contributed by atoms with E-state index in [1.165, 1.54) is 0 Å². The van der Waals surface area contributed by atoms with Crippen molar-refractivity contribution < 1.29 is 9.53 Å². The van der Waals surface area contributed by atoms with Crippen molar-refractivity contribution in [3.63, 3.8) is 0 Å². The Labute approximate surface area is 140 Å². The highest BCUT2D eigenvalue weighted by atomic mass is 16.5.